The molecular formula is C19H20N2O4S. The smallest absolute Gasteiger partial charge is 0.251 e. The van der Waals surface area contributed by atoms with E-state index in [1.165, 1.54) is 18.2 Å². The lowest BCUT2D eigenvalue weighted by Gasteiger charge is -2.26. The highest BCUT2D eigenvalue weighted by molar-refractivity contribution is 7.89. The van der Waals surface area contributed by atoms with Crippen LogP contribution < -0.4 is 14.8 Å². The second-order valence-electron chi connectivity index (χ2n) is 5.87. The number of hydrogen-bond acceptors (Lipinski definition) is 4. The molecule has 2 aromatic rings. The highest BCUT2D eigenvalue weighted by Gasteiger charge is 2.23. The third-order valence-corrected chi connectivity index (χ3v) is 5.51. The topological polar surface area (TPSA) is 84.5 Å². The molecular weight excluding hydrogens is 352 g/mol. The van der Waals surface area contributed by atoms with E-state index in [2.05, 4.69) is 16.6 Å². The van der Waals surface area contributed by atoms with Gasteiger partial charge in [0.15, 0.2) is 0 Å². The number of carbonyl (C=O) groups excluding carboxylic acids is 1. The Hall–Kier alpha value is -2.64. The summed E-state index contributed by atoms with van der Waals surface area (Å²) in [5.74, 6) is 0.432. The molecule has 136 valence electrons. The largest absolute Gasteiger partial charge is 0.493 e. The van der Waals surface area contributed by atoms with E-state index < -0.39 is 10.0 Å². The molecule has 7 heteroatoms. The minimum absolute atomic E-state index is 0.0411. The molecule has 1 heterocycles. The number of fused-ring (bicyclic) bond motifs is 1. The first-order valence-electron chi connectivity index (χ1n) is 8.24. The first-order valence-corrected chi connectivity index (χ1v) is 9.73. The van der Waals surface area contributed by atoms with Crippen LogP contribution in [0.4, 0.5) is 0 Å². The van der Waals surface area contributed by atoms with Crippen molar-refractivity contribution in [2.45, 2.75) is 17.4 Å². The van der Waals surface area contributed by atoms with Crippen molar-refractivity contribution >= 4 is 15.9 Å². The zero-order chi connectivity index (χ0) is 18.6. The fraction of sp³-hybridized carbons (Fsp3) is 0.211. The van der Waals surface area contributed by atoms with Crippen molar-refractivity contribution in [3.8, 4) is 5.75 Å². The van der Waals surface area contributed by atoms with E-state index >= 15 is 0 Å². The third kappa shape index (κ3) is 3.95. The molecule has 3 rings (SSSR count). The van der Waals surface area contributed by atoms with Gasteiger partial charge in [0.05, 0.1) is 17.5 Å². The first-order chi connectivity index (χ1) is 12.5. The Morgan fingerprint density at radius 1 is 1.23 bits per heavy atom. The Balaban J connectivity index is 1.79. The van der Waals surface area contributed by atoms with Crippen molar-refractivity contribution in [1.82, 2.24) is 10.0 Å². The van der Waals surface area contributed by atoms with Gasteiger partial charge in [0.1, 0.15) is 5.75 Å². The van der Waals surface area contributed by atoms with Gasteiger partial charge in [0.2, 0.25) is 10.0 Å². The fourth-order valence-corrected chi connectivity index (χ4v) is 3.83. The minimum Gasteiger partial charge on any atom is -0.493 e. The monoisotopic (exact) mass is 372 g/mol. The predicted molar refractivity (Wildman–Crippen MR) is 98.6 cm³/mol. The Morgan fingerprint density at radius 2 is 2.04 bits per heavy atom. The molecule has 2 aromatic carbocycles. The van der Waals surface area contributed by atoms with E-state index in [-0.39, 0.29) is 29.0 Å². The number of ether oxygens (including phenoxy) is 1. The molecule has 1 aliphatic rings. The summed E-state index contributed by atoms with van der Waals surface area (Å²) in [7, 11) is -3.68. The van der Waals surface area contributed by atoms with Crippen LogP contribution in [0.15, 0.2) is 66.1 Å². The van der Waals surface area contributed by atoms with Gasteiger partial charge in [-0.25, -0.2) is 13.1 Å². The van der Waals surface area contributed by atoms with Crippen LogP contribution >= 0.6 is 0 Å². The van der Waals surface area contributed by atoms with Crippen LogP contribution in [0.25, 0.3) is 0 Å². The molecule has 0 aliphatic carbocycles. The van der Waals surface area contributed by atoms with E-state index in [1.54, 1.807) is 12.1 Å². The average molecular weight is 372 g/mol. The number of hydrogen-bond donors (Lipinski definition) is 2. The van der Waals surface area contributed by atoms with Gasteiger partial charge in [-0.2, -0.15) is 0 Å². The highest BCUT2D eigenvalue weighted by atomic mass is 32.2. The molecule has 0 bridgehead atoms. The van der Waals surface area contributed by atoms with Gasteiger partial charge in [0, 0.05) is 24.1 Å². The lowest BCUT2D eigenvalue weighted by molar-refractivity contribution is 0.0924. The van der Waals surface area contributed by atoms with Crippen LogP contribution in [0.1, 0.15) is 28.4 Å². The fourth-order valence-electron chi connectivity index (χ4n) is 2.79. The molecule has 26 heavy (non-hydrogen) atoms. The van der Waals surface area contributed by atoms with E-state index in [1.807, 2.05) is 24.3 Å². The summed E-state index contributed by atoms with van der Waals surface area (Å²) >= 11 is 0. The normalized spacial score (nSPS) is 16.2. The van der Waals surface area contributed by atoms with E-state index in [4.69, 9.17) is 4.74 Å². The lowest BCUT2D eigenvalue weighted by atomic mass is 10.00. The van der Waals surface area contributed by atoms with Crippen LogP contribution in [-0.4, -0.2) is 27.5 Å². The van der Waals surface area contributed by atoms with Gasteiger partial charge in [-0.05, 0) is 24.3 Å². The SMILES string of the molecule is C=CCNS(=O)(=O)c1cccc(C(=O)N[C@H]2CCOc3ccccc32)c1. The molecule has 0 aromatic heterocycles. The van der Waals surface area contributed by atoms with Crippen LogP contribution in [0.5, 0.6) is 5.75 Å². The summed E-state index contributed by atoms with van der Waals surface area (Å²) in [6.45, 7) is 4.12. The maximum atomic E-state index is 12.6. The molecule has 1 amide bonds. The molecule has 0 saturated carbocycles. The number of sulfonamides is 1. The number of rotatable bonds is 6. The second kappa shape index (κ2) is 7.72. The minimum atomic E-state index is -3.68. The molecule has 6 nitrogen and oxygen atoms in total. The van der Waals surface area contributed by atoms with Crippen molar-refractivity contribution in [1.29, 1.82) is 0 Å². The van der Waals surface area contributed by atoms with Crippen molar-refractivity contribution in [2.75, 3.05) is 13.2 Å². The molecule has 2 N–H and O–H groups in total. The molecule has 0 radical (unpaired) electrons. The van der Waals surface area contributed by atoms with E-state index in [0.29, 0.717) is 13.0 Å². The van der Waals surface area contributed by atoms with E-state index in [9.17, 15) is 13.2 Å². The number of benzene rings is 2. The predicted octanol–water partition coefficient (Wildman–Crippen LogP) is 2.40. The second-order valence-corrected chi connectivity index (χ2v) is 7.64. The zero-order valence-corrected chi connectivity index (χ0v) is 15.0. The molecule has 1 atom stereocenters. The first kappa shape index (κ1) is 18.2. The van der Waals surface area contributed by atoms with Crippen molar-refractivity contribution in [3.63, 3.8) is 0 Å². The Kier molecular flexibility index (Phi) is 5.39. The summed E-state index contributed by atoms with van der Waals surface area (Å²) < 4.78 is 32.4. The maximum absolute atomic E-state index is 12.6. The van der Waals surface area contributed by atoms with Gasteiger partial charge in [-0.3, -0.25) is 4.79 Å². The van der Waals surface area contributed by atoms with Gasteiger partial charge >= 0.3 is 0 Å². The lowest BCUT2D eigenvalue weighted by Crippen LogP contribution is -2.32. The van der Waals surface area contributed by atoms with E-state index in [0.717, 1.165) is 11.3 Å². The van der Waals surface area contributed by atoms with Crippen molar-refractivity contribution < 1.29 is 17.9 Å². The van der Waals surface area contributed by atoms with Crippen molar-refractivity contribution in [3.05, 3.63) is 72.3 Å². The number of nitrogens with one attached hydrogen (secondary N) is 2. The molecule has 1 aliphatic heterocycles. The summed E-state index contributed by atoms with van der Waals surface area (Å²) in [5, 5.41) is 2.96. The zero-order valence-electron chi connectivity index (χ0n) is 14.1. The van der Waals surface area contributed by atoms with Gasteiger partial charge < -0.3 is 10.1 Å². The summed E-state index contributed by atoms with van der Waals surface area (Å²) in [4.78, 5) is 12.7. The van der Waals surface area contributed by atoms with Crippen molar-refractivity contribution in [2.24, 2.45) is 0 Å². The molecule has 0 unspecified atom stereocenters. The Morgan fingerprint density at radius 3 is 2.85 bits per heavy atom. The van der Waals surface area contributed by atoms with Crippen LogP contribution in [0, 0.1) is 0 Å². The van der Waals surface area contributed by atoms with Gasteiger partial charge in [-0.1, -0.05) is 30.3 Å². The summed E-state index contributed by atoms with van der Waals surface area (Å²) in [6, 6.07) is 13.3. The van der Waals surface area contributed by atoms with Gasteiger partial charge in [-0.15, -0.1) is 6.58 Å². The standard InChI is InChI=1S/C19H20N2O4S/c1-2-11-20-26(23,24)15-7-5-6-14(13-15)19(22)21-17-10-12-25-18-9-4-3-8-16(17)18/h2-9,13,17,20H,1,10-12H2,(H,21,22)/t17-/m0/s1. The maximum Gasteiger partial charge on any atom is 0.251 e. The summed E-state index contributed by atoms with van der Waals surface area (Å²) in [6.07, 6.45) is 2.11. The van der Waals surface area contributed by atoms with Crippen LogP contribution in [0.2, 0.25) is 0 Å². The quantitative estimate of drug-likeness (QED) is 0.763. The highest BCUT2D eigenvalue weighted by Crippen LogP contribution is 2.31. The van der Waals surface area contributed by atoms with Crippen LogP contribution in [0.3, 0.4) is 0 Å². The molecule has 0 fully saturated rings. The third-order valence-electron chi connectivity index (χ3n) is 4.09. The Bertz CT molecular complexity index is 925. The summed E-state index contributed by atoms with van der Waals surface area (Å²) in [5.41, 5.74) is 1.21. The Labute approximate surface area is 152 Å². The number of para-hydroxylation sites is 1. The molecule has 0 spiro atoms. The average Bonchev–Trinajstić information content (AvgIpc) is 2.67. The number of amides is 1. The van der Waals surface area contributed by atoms with Crippen LogP contribution in [-0.2, 0) is 10.0 Å². The molecule has 0 saturated heterocycles. The van der Waals surface area contributed by atoms with Gasteiger partial charge in [0.25, 0.3) is 5.91 Å². The number of carbonyl (C=O) groups is 1.